The highest BCUT2D eigenvalue weighted by atomic mass is 35.5. The van der Waals surface area contributed by atoms with E-state index in [4.69, 9.17) is 11.6 Å². The molecule has 4 nitrogen and oxygen atoms in total. The molecule has 6 heteroatoms. The molecule has 0 aliphatic carbocycles. The van der Waals surface area contributed by atoms with Gasteiger partial charge < -0.3 is 5.32 Å². The van der Waals surface area contributed by atoms with E-state index in [1.54, 1.807) is 30.3 Å². The molecule has 3 aromatic rings. The lowest BCUT2D eigenvalue weighted by molar-refractivity contribution is -0.113. The van der Waals surface area contributed by atoms with Gasteiger partial charge in [0.2, 0.25) is 5.91 Å². The first-order valence-electron chi connectivity index (χ1n) is 7.80. The van der Waals surface area contributed by atoms with E-state index in [-0.39, 0.29) is 11.7 Å². The first kappa shape index (κ1) is 18.0. The predicted molar refractivity (Wildman–Crippen MR) is 105 cm³/mol. The van der Waals surface area contributed by atoms with Crippen molar-refractivity contribution in [1.82, 2.24) is 4.98 Å². The van der Waals surface area contributed by atoms with Crippen LogP contribution in [0.5, 0.6) is 0 Å². The maximum Gasteiger partial charge on any atom is 0.234 e. The van der Waals surface area contributed by atoms with Crippen LogP contribution in [0.15, 0.2) is 71.8 Å². The maximum atomic E-state index is 12.2. The summed E-state index contributed by atoms with van der Waals surface area (Å²) in [5.41, 5.74) is 2.81. The minimum Gasteiger partial charge on any atom is -0.325 e. The molecular formula is C20H14ClN3OS. The van der Waals surface area contributed by atoms with Crippen molar-refractivity contribution in [3.8, 4) is 17.3 Å². The Morgan fingerprint density at radius 2 is 1.92 bits per heavy atom. The van der Waals surface area contributed by atoms with Crippen LogP contribution in [-0.2, 0) is 4.79 Å². The number of halogens is 1. The van der Waals surface area contributed by atoms with Gasteiger partial charge in [0.25, 0.3) is 0 Å². The van der Waals surface area contributed by atoms with E-state index in [0.29, 0.717) is 21.3 Å². The molecule has 0 bridgehead atoms. The molecule has 1 N–H and O–H groups in total. The van der Waals surface area contributed by atoms with E-state index in [2.05, 4.69) is 16.4 Å². The van der Waals surface area contributed by atoms with Crippen molar-refractivity contribution in [2.24, 2.45) is 0 Å². The molecule has 0 spiro atoms. The Morgan fingerprint density at radius 1 is 1.12 bits per heavy atom. The highest BCUT2D eigenvalue weighted by molar-refractivity contribution is 8.00. The van der Waals surface area contributed by atoms with Gasteiger partial charge in [0.1, 0.15) is 11.1 Å². The normalized spacial score (nSPS) is 10.2. The van der Waals surface area contributed by atoms with E-state index >= 15 is 0 Å². The molecule has 2 aromatic carbocycles. The number of rotatable bonds is 5. The Morgan fingerprint density at radius 3 is 2.65 bits per heavy atom. The largest absolute Gasteiger partial charge is 0.325 e. The molecule has 0 atom stereocenters. The smallest absolute Gasteiger partial charge is 0.234 e. The van der Waals surface area contributed by atoms with Crippen molar-refractivity contribution < 1.29 is 4.79 Å². The van der Waals surface area contributed by atoms with Crippen LogP contribution in [0.25, 0.3) is 11.3 Å². The minimum atomic E-state index is -0.187. The predicted octanol–water partition coefficient (Wildman–Crippen LogP) is 5.00. The molecule has 1 aromatic heterocycles. The second kappa shape index (κ2) is 8.52. The van der Waals surface area contributed by atoms with Gasteiger partial charge in [-0.25, -0.2) is 4.98 Å². The van der Waals surface area contributed by atoms with E-state index < -0.39 is 0 Å². The minimum absolute atomic E-state index is 0.145. The fourth-order valence-electron chi connectivity index (χ4n) is 2.30. The summed E-state index contributed by atoms with van der Waals surface area (Å²) < 4.78 is 0. The first-order valence-corrected chi connectivity index (χ1v) is 9.17. The fourth-order valence-corrected chi connectivity index (χ4v) is 3.26. The highest BCUT2D eigenvalue weighted by Gasteiger charge is 2.11. The molecule has 0 saturated heterocycles. The lowest BCUT2D eigenvalue weighted by atomic mass is 10.1. The summed E-state index contributed by atoms with van der Waals surface area (Å²) in [5.74, 6) is -0.0417. The third-order valence-corrected chi connectivity index (χ3v) is 4.72. The fraction of sp³-hybridized carbons (Fsp3) is 0.0500. The second-order valence-electron chi connectivity index (χ2n) is 5.37. The summed E-state index contributed by atoms with van der Waals surface area (Å²) in [4.78, 5) is 16.7. The molecular weight excluding hydrogens is 366 g/mol. The van der Waals surface area contributed by atoms with E-state index in [9.17, 15) is 10.1 Å². The number of nitrogens with one attached hydrogen (secondary N) is 1. The number of pyridine rings is 1. The number of amides is 1. The Balaban J connectivity index is 1.72. The van der Waals surface area contributed by atoms with Gasteiger partial charge in [0.15, 0.2) is 0 Å². The van der Waals surface area contributed by atoms with Gasteiger partial charge in [0, 0.05) is 16.3 Å². The quantitative estimate of drug-likeness (QED) is 0.633. The molecule has 0 saturated carbocycles. The molecule has 0 aliphatic heterocycles. The Kier molecular flexibility index (Phi) is 5.90. The summed E-state index contributed by atoms with van der Waals surface area (Å²) in [6.45, 7) is 0. The first-order chi connectivity index (χ1) is 12.7. The van der Waals surface area contributed by atoms with Gasteiger partial charge >= 0.3 is 0 Å². The third kappa shape index (κ3) is 4.63. The molecule has 0 fully saturated rings. The lowest BCUT2D eigenvalue weighted by Gasteiger charge is -2.08. The van der Waals surface area contributed by atoms with Gasteiger partial charge in [-0.1, -0.05) is 59.8 Å². The van der Waals surface area contributed by atoms with Crippen molar-refractivity contribution in [3.05, 3.63) is 77.3 Å². The van der Waals surface area contributed by atoms with Crippen LogP contribution >= 0.6 is 23.4 Å². The zero-order valence-electron chi connectivity index (χ0n) is 13.6. The number of anilines is 1. The SMILES string of the molecule is N#Cc1ccc(-c2ccccc2)nc1SCC(=O)Nc1cccc(Cl)c1. The summed E-state index contributed by atoms with van der Waals surface area (Å²) >= 11 is 7.15. The number of hydrogen-bond acceptors (Lipinski definition) is 4. The number of hydrogen-bond donors (Lipinski definition) is 1. The molecule has 128 valence electrons. The van der Waals surface area contributed by atoms with Crippen LogP contribution in [0.4, 0.5) is 5.69 Å². The highest BCUT2D eigenvalue weighted by Crippen LogP contribution is 2.25. The second-order valence-corrected chi connectivity index (χ2v) is 6.77. The van der Waals surface area contributed by atoms with Crippen molar-refractivity contribution in [3.63, 3.8) is 0 Å². The third-order valence-electron chi connectivity index (χ3n) is 3.50. The topological polar surface area (TPSA) is 65.8 Å². The average Bonchev–Trinajstić information content (AvgIpc) is 2.67. The molecule has 1 amide bonds. The monoisotopic (exact) mass is 379 g/mol. The van der Waals surface area contributed by atoms with E-state index in [1.165, 1.54) is 11.8 Å². The van der Waals surface area contributed by atoms with Gasteiger partial charge in [-0.15, -0.1) is 0 Å². The summed E-state index contributed by atoms with van der Waals surface area (Å²) in [6, 6.07) is 22.3. The van der Waals surface area contributed by atoms with Gasteiger partial charge in [0.05, 0.1) is 17.0 Å². The van der Waals surface area contributed by atoms with Crippen LogP contribution in [0.2, 0.25) is 5.02 Å². The molecule has 26 heavy (non-hydrogen) atoms. The summed E-state index contributed by atoms with van der Waals surface area (Å²) in [6.07, 6.45) is 0. The van der Waals surface area contributed by atoms with Gasteiger partial charge in [-0.3, -0.25) is 4.79 Å². The van der Waals surface area contributed by atoms with Crippen molar-refractivity contribution >= 4 is 35.0 Å². The van der Waals surface area contributed by atoms with Crippen LogP contribution in [0.3, 0.4) is 0 Å². The number of thioether (sulfide) groups is 1. The number of benzene rings is 2. The number of aromatic nitrogens is 1. The van der Waals surface area contributed by atoms with Crippen molar-refractivity contribution in [2.75, 3.05) is 11.1 Å². The number of carbonyl (C=O) groups excluding carboxylic acids is 1. The van der Waals surface area contributed by atoms with Crippen LogP contribution in [-0.4, -0.2) is 16.6 Å². The number of carbonyl (C=O) groups is 1. The van der Waals surface area contributed by atoms with Gasteiger partial charge in [-0.05, 0) is 30.3 Å². The Labute approximate surface area is 160 Å². The number of nitriles is 1. The number of nitrogens with zero attached hydrogens (tertiary/aromatic N) is 2. The van der Waals surface area contributed by atoms with Gasteiger partial charge in [-0.2, -0.15) is 5.26 Å². The zero-order chi connectivity index (χ0) is 18.4. The summed E-state index contributed by atoms with van der Waals surface area (Å²) in [7, 11) is 0. The molecule has 0 unspecified atom stereocenters. The van der Waals surface area contributed by atoms with E-state index in [0.717, 1.165) is 11.3 Å². The van der Waals surface area contributed by atoms with Crippen molar-refractivity contribution in [1.29, 1.82) is 5.26 Å². The lowest BCUT2D eigenvalue weighted by Crippen LogP contribution is -2.14. The molecule has 0 aliphatic rings. The maximum absolute atomic E-state index is 12.2. The van der Waals surface area contributed by atoms with Crippen LogP contribution in [0, 0.1) is 11.3 Å². The zero-order valence-corrected chi connectivity index (χ0v) is 15.2. The standard InChI is InChI=1S/C20H14ClN3OS/c21-16-7-4-8-17(11-16)23-19(25)13-26-20-15(12-22)9-10-18(24-20)14-5-2-1-3-6-14/h1-11H,13H2,(H,23,25). The molecule has 3 rings (SSSR count). The van der Waals surface area contributed by atoms with Crippen LogP contribution in [0.1, 0.15) is 5.56 Å². The van der Waals surface area contributed by atoms with E-state index in [1.807, 2.05) is 36.4 Å². The van der Waals surface area contributed by atoms with Crippen molar-refractivity contribution in [2.45, 2.75) is 5.03 Å². The molecule has 0 radical (unpaired) electrons. The average molecular weight is 380 g/mol. The Bertz CT molecular complexity index is 970. The Hall–Kier alpha value is -2.81. The summed E-state index contributed by atoms with van der Waals surface area (Å²) in [5, 5.41) is 13.2. The van der Waals surface area contributed by atoms with Crippen LogP contribution < -0.4 is 5.32 Å². The molecule has 1 heterocycles.